The van der Waals surface area contributed by atoms with Crippen LogP contribution in [0.3, 0.4) is 0 Å². The summed E-state index contributed by atoms with van der Waals surface area (Å²) in [5, 5.41) is 0. The summed E-state index contributed by atoms with van der Waals surface area (Å²) in [6.07, 6.45) is 1.32. The Balaban J connectivity index is 2.08. The summed E-state index contributed by atoms with van der Waals surface area (Å²) >= 11 is 0. The summed E-state index contributed by atoms with van der Waals surface area (Å²) in [6, 6.07) is 8.28. The highest BCUT2D eigenvalue weighted by atomic mass is 16.6. The summed E-state index contributed by atoms with van der Waals surface area (Å²) in [7, 11) is 0. The Labute approximate surface area is 163 Å². The Hall–Kier alpha value is -2.04. The maximum Gasteiger partial charge on any atom is 0.410 e. The number of carbonyl (C=O) groups excluding carboxylic acids is 2. The van der Waals surface area contributed by atoms with E-state index in [2.05, 4.69) is 19.1 Å². The molecule has 1 aromatic rings. The second-order valence-corrected chi connectivity index (χ2v) is 8.75. The summed E-state index contributed by atoms with van der Waals surface area (Å²) in [5.74, 6) is -0.0424. The number of likely N-dealkylation sites (tertiary alicyclic amines) is 1. The van der Waals surface area contributed by atoms with Gasteiger partial charge in [0.25, 0.3) is 0 Å². The molecule has 1 aliphatic heterocycles. The van der Waals surface area contributed by atoms with Crippen LogP contribution in [0.4, 0.5) is 4.79 Å². The fraction of sp³-hybridized carbons (Fsp3) is 0.636. The predicted octanol–water partition coefficient (Wildman–Crippen LogP) is 4.38. The summed E-state index contributed by atoms with van der Waals surface area (Å²) in [6.45, 7) is 13.4. The first-order valence-corrected chi connectivity index (χ1v) is 9.91. The van der Waals surface area contributed by atoms with E-state index >= 15 is 0 Å². The predicted molar refractivity (Wildman–Crippen MR) is 107 cm³/mol. The third kappa shape index (κ3) is 5.98. The average Bonchev–Trinajstić information content (AvgIpc) is 2.59. The lowest BCUT2D eigenvalue weighted by Gasteiger charge is -2.37. The largest absolute Gasteiger partial charge is 0.444 e. The summed E-state index contributed by atoms with van der Waals surface area (Å²) < 4.78 is 5.49. The van der Waals surface area contributed by atoms with Crippen LogP contribution in [0.1, 0.15) is 58.6 Å². The average molecular weight is 375 g/mol. The molecule has 2 rings (SSSR count). The van der Waals surface area contributed by atoms with Gasteiger partial charge in [-0.05, 0) is 65.5 Å². The number of aryl methyl sites for hydroxylation is 1. The van der Waals surface area contributed by atoms with Gasteiger partial charge in [0.15, 0.2) is 0 Å². The third-order valence-electron chi connectivity index (χ3n) is 4.93. The van der Waals surface area contributed by atoms with Gasteiger partial charge in [0.2, 0.25) is 5.91 Å². The molecule has 0 N–H and O–H groups in total. The molecule has 1 aliphatic rings. The van der Waals surface area contributed by atoms with E-state index in [9.17, 15) is 9.59 Å². The van der Waals surface area contributed by atoms with E-state index in [1.54, 1.807) is 4.90 Å². The zero-order chi connectivity index (χ0) is 20.2. The van der Waals surface area contributed by atoms with Crippen molar-refractivity contribution in [3.05, 3.63) is 35.4 Å². The molecule has 1 heterocycles. The quantitative estimate of drug-likeness (QED) is 0.786. The number of hydrogen-bond donors (Lipinski definition) is 0. The van der Waals surface area contributed by atoms with Crippen molar-refractivity contribution in [3.8, 4) is 0 Å². The van der Waals surface area contributed by atoms with Gasteiger partial charge in [-0.3, -0.25) is 4.79 Å². The van der Waals surface area contributed by atoms with Crippen LogP contribution in [-0.2, 0) is 16.1 Å². The van der Waals surface area contributed by atoms with Gasteiger partial charge in [0, 0.05) is 25.7 Å². The second kappa shape index (κ2) is 8.77. The Morgan fingerprint density at radius 1 is 1.26 bits per heavy atom. The maximum atomic E-state index is 13.3. The molecule has 0 saturated carbocycles. The monoisotopic (exact) mass is 374 g/mol. The van der Waals surface area contributed by atoms with Gasteiger partial charge in [0.1, 0.15) is 5.60 Å². The first kappa shape index (κ1) is 21.3. The van der Waals surface area contributed by atoms with Crippen molar-refractivity contribution >= 4 is 12.0 Å². The van der Waals surface area contributed by atoms with Crippen LogP contribution in [-0.4, -0.2) is 46.5 Å². The van der Waals surface area contributed by atoms with Gasteiger partial charge in [-0.1, -0.05) is 24.3 Å². The van der Waals surface area contributed by atoms with Crippen LogP contribution in [0.15, 0.2) is 24.3 Å². The fourth-order valence-electron chi connectivity index (χ4n) is 3.39. The molecule has 5 nitrogen and oxygen atoms in total. The van der Waals surface area contributed by atoms with Crippen molar-refractivity contribution in [1.82, 2.24) is 9.80 Å². The van der Waals surface area contributed by atoms with Crippen molar-refractivity contribution in [2.45, 2.75) is 72.6 Å². The zero-order valence-electron chi connectivity index (χ0n) is 17.6. The van der Waals surface area contributed by atoms with Crippen LogP contribution in [0.2, 0.25) is 0 Å². The second-order valence-electron chi connectivity index (χ2n) is 8.75. The molecule has 1 saturated heterocycles. The summed E-state index contributed by atoms with van der Waals surface area (Å²) in [4.78, 5) is 29.3. The minimum Gasteiger partial charge on any atom is -0.444 e. The minimum atomic E-state index is -0.525. The first-order valence-electron chi connectivity index (χ1n) is 9.91. The molecule has 1 fully saturated rings. The van der Waals surface area contributed by atoms with E-state index < -0.39 is 5.60 Å². The number of carbonyl (C=O) groups is 2. The Morgan fingerprint density at radius 2 is 1.93 bits per heavy atom. The Kier molecular flexibility index (Phi) is 6.90. The van der Waals surface area contributed by atoms with Gasteiger partial charge in [-0.2, -0.15) is 0 Å². The molecular weight excluding hydrogens is 340 g/mol. The number of nitrogens with zero attached hydrogens (tertiary/aromatic N) is 2. The van der Waals surface area contributed by atoms with Crippen LogP contribution in [0.5, 0.6) is 0 Å². The van der Waals surface area contributed by atoms with Gasteiger partial charge in [0.05, 0.1) is 5.92 Å². The van der Waals surface area contributed by atoms with Crippen LogP contribution >= 0.6 is 0 Å². The molecule has 150 valence electrons. The van der Waals surface area contributed by atoms with E-state index in [1.165, 1.54) is 11.1 Å². The van der Waals surface area contributed by atoms with Gasteiger partial charge < -0.3 is 14.5 Å². The number of rotatable bonds is 4. The standard InChI is InChI=1S/C22H34N2O3/c1-16(2)24(15-18-11-8-7-10-17(18)3)20(25)19-12-9-13-23(14-19)21(26)27-22(4,5)6/h7-8,10-11,16,19H,9,12-15H2,1-6H3/t19-/m1/s1. The summed E-state index contributed by atoms with van der Waals surface area (Å²) in [5.41, 5.74) is 1.83. The molecule has 0 bridgehead atoms. The molecule has 0 radical (unpaired) electrons. The SMILES string of the molecule is Cc1ccccc1CN(C(=O)[C@@H]1CCCN(C(=O)OC(C)(C)C)C1)C(C)C. The van der Waals surface area contributed by atoms with E-state index in [1.807, 2.05) is 51.7 Å². The molecule has 0 unspecified atom stereocenters. The lowest BCUT2D eigenvalue weighted by Crippen LogP contribution is -2.49. The van der Waals surface area contributed by atoms with E-state index in [4.69, 9.17) is 4.74 Å². The normalized spacial score (nSPS) is 17.7. The molecule has 0 aliphatic carbocycles. The topological polar surface area (TPSA) is 49.9 Å². The van der Waals surface area contributed by atoms with E-state index in [-0.39, 0.29) is 24.0 Å². The van der Waals surface area contributed by atoms with Gasteiger partial charge in [-0.25, -0.2) is 4.79 Å². The molecular formula is C22H34N2O3. The van der Waals surface area contributed by atoms with Crippen molar-refractivity contribution in [1.29, 1.82) is 0 Å². The zero-order valence-corrected chi connectivity index (χ0v) is 17.6. The van der Waals surface area contributed by atoms with Crippen molar-refractivity contribution in [2.24, 2.45) is 5.92 Å². The lowest BCUT2D eigenvalue weighted by atomic mass is 9.95. The first-order chi connectivity index (χ1) is 12.6. The van der Waals surface area contributed by atoms with Crippen LogP contribution in [0.25, 0.3) is 0 Å². The number of piperidine rings is 1. The van der Waals surface area contributed by atoms with Crippen molar-refractivity contribution in [3.63, 3.8) is 0 Å². The highest BCUT2D eigenvalue weighted by molar-refractivity contribution is 5.80. The molecule has 1 aromatic carbocycles. The fourth-order valence-corrected chi connectivity index (χ4v) is 3.39. The van der Waals surface area contributed by atoms with Crippen LogP contribution < -0.4 is 0 Å². The molecule has 1 atom stereocenters. The molecule has 27 heavy (non-hydrogen) atoms. The molecule has 5 heteroatoms. The van der Waals surface area contributed by atoms with Crippen molar-refractivity contribution in [2.75, 3.05) is 13.1 Å². The van der Waals surface area contributed by atoms with Crippen molar-refractivity contribution < 1.29 is 14.3 Å². The van der Waals surface area contributed by atoms with E-state index in [0.29, 0.717) is 19.6 Å². The van der Waals surface area contributed by atoms with E-state index in [0.717, 1.165) is 12.8 Å². The molecule has 0 aromatic heterocycles. The van der Waals surface area contributed by atoms with Gasteiger partial charge in [-0.15, -0.1) is 0 Å². The van der Waals surface area contributed by atoms with Crippen LogP contribution in [0, 0.1) is 12.8 Å². The Bertz CT molecular complexity index is 664. The smallest absolute Gasteiger partial charge is 0.410 e. The Morgan fingerprint density at radius 3 is 2.52 bits per heavy atom. The number of hydrogen-bond acceptors (Lipinski definition) is 3. The molecule has 0 spiro atoms. The number of benzene rings is 1. The number of amides is 2. The highest BCUT2D eigenvalue weighted by Crippen LogP contribution is 2.23. The van der Waals surface area contributed by atoms with Gasteiger partial charge >= 0.3 is 6.09 Å². The molecule has 2 amide bonds. The maximum absolute atomic E-state index is 13.3. The third-order valence-corrected chi connectivity index (χ3v) is 4.93. The highest BCUT2D eigenvalue weighted by Gasteiger charge is 2.34. The lowest BCUT2D eigenvalue weighted by molar-refractivity contribution is -0.139. The number of ether oxygens (including phenoxy) is 1. The minimum absolute atomic E-state index is 0.106.